The van der Waals surface area contributed by atoms with Gasteiger partial charge in [-0.3, -0.25) is 19.9 Å². The lowest BCUT2D eigenvalue weighted by molar-refractivity contribution is 0.104. The third-order valence-corrected chi connectivity index (χ3v) is 2.81. The Labute approximate surface area is 86.2 Å². The molecule has 1 amide bonds. The second-order valence-electron chi connectivity index (χ2n) is 3.56. The Morgan fingerprint density at radius 3 is 2.93 bits per heavy atom. The number of H-pyrrole nitrogens is 2. The van der Waals surface area contributed by atoms with Crippen LogP contribution in [-0.2, 0) is 11.2 Å². The predicted molar refractivity (Wildman–Crippen MR) is 52.6 cm³/mol. The summed E-state index contributed by atoms with van der Waals surface area (Å²) in [7, 11) is 1.35. The Kier molecular flexibility index (Phi) is 2.26. The quantitative estimate of drug-likeness (QED) is 0.651. The van der Waals surface area contributed by atoms with E-state index in [-0.39, 0.29) is 17.7 Å². The maximum absolute atomic E-state index is 11.4. The first-order valence-electron chi connectivity index (χ1n) is 4.79. The van der Waals surface area contributed by atoms with Crippen molar-refractivity contribution in [2.45, 2.75) is 19.4 Å². The summed E-state index contributed by atoms with van der Waals surface area (Å²) in [5.41, 5.74) is 1.42. The lowest BCUT2D eigenvalue weighted by Crippen LogP contribution is -2.39. The van der Waals surface area contributed by atoms with Crippen LogP contribution >= 0.6 is 0 Å². The van der Waals surface area contributed by atoms with Crippen LogP contribution in [0.2, 0.25) is 0 Å². The number of hydrogen-bond acceptors (Lipinski definition) is 3. The minimum Gasteiger partial charge on any atom is -0.453 e. The minimum atomic E-state index is -0.366. The van der Waals surface area contributed by atoms with Gasteiger partial charge in [-0.05, 0) is 13.3 Å². The van der Waals surface area contributed by atoms with Gasteiger partial charge in [-0.1, -0.05) is 0 Å². The number of ether oxygens (including phenoxy) is 1. The number of carbonyl (C=O) groups is 1. The zero-order valence-electron chi connectivity index (χ0n) is 8.66. The summed E-state index contributed by atoms with van der Waals surface area (Å²) >= 11 is 0. The van der Waals surface area contributed by atoms with E-state index >= 15 is 0 Å². The fourth-order valence-corrected chi connectivity index (χ4v) is 1.95. The number of methoxy groups -OCH3 is 1. The Morgan fingerprint density at radius 2 is 2.27 bits per heavy atom. The molecule has 0 fully saturated rings. The molecule has 0 aromatic carbocycles. The van der Waals surface area contributed by atoms with Crippen molar-refractivity contribution in [1.82, 2.24) is 15.1 Å². The van der Waals surface area contributed by atoms with E-state index in [1.165, 1.54) is 7.11 Å². The van der Waals surface area contributed by atoms with Crippen molar-refractivity contribution in [3.05, 3.63) is 21.6 Å². The van der Waals surface area contributed by atoms with Crippen LogP contribution in [0.1, 0.15) is 24.2 Å². The second kappa shape index (κ2) is 3.45. The van der Waals surface area contributed by atoms with Gasteiger partial charge in [0.05, 0.1) is 18.8 Å². The normalized spacial score (nSPS) is 19.9. The molecule has 2 heterocycles. The average molecular weight is 211 g/mol. The molecule has 0 radical (unpaired) electrons. The first-order valence-corrected chi connectivity index (χ1v) is 4.79. The number of hydrogen-bond donors (Lipinski definition) is 2. The Bertz CT molecular complexity index is 434. The standard InChI is InChI=1S/C9H13N3O3/c1-5-7-6(8(13)11-10-7)3-4-12(5)9(14)15-2/h5H,3-4H2,1-2H3,(H2,10,11,13). The molecule has 6 nitrogen and oxygen atoms in total. The van der Waals surface area contributed by atoms with E-state index in [4.69, 9.17) is 0 Å². The van der Waals surface area contributed by atoms with Crippen LogP contribution in [0.3, 0.4) is 0 Å². The zero-order valence-corrected chi connectivity index (χ0v) is 8.66. The Balaban J connectivity index is 2.34. The van der Waals surface area contributed by atoms with Crippen LogP contribution in [0.5, 0.6) is 0 Å². The molecule has 1 aliphatic heterocycles. The molecule has 1 aliphatic rings. The highest BCUT2D eigenvalue weighted by Gasteiger charge is 2.30. The zero-order chi connectivity index (χ0) is 11.0. The van der Waals surface area contributed by atoms with E-state index in [1.54, 1.807) is 4.90 Å². The van der Waals surface area contributed by atoms with E-state index in [9.17, 15) is 9.59 Å². The first kappa shape index (κ1) is 9.82. The molecule has 6 heteroatoms. The van der Waals surface area contributed by atoms with Gasteiger partial charge in [0.25, 0.3) is 5.56 Å². The van der Waals surface area contributed by atoms with Crippen LogP contribution < -0.4 is 5.56 Å². The van der Waals surface area contributed by atoms with E-state index in [1.807, 2.05) is 6.92 Å². The minimum absolute atomic E-state index is 0.0960. The molecule has 0 bridgehead atoms. The second-order valence-corrected chi connectivity index (χ2v) is 3.56. The summed E-state index contributed by atoms with van der Waals surface area (Å²) < 4.78 is 4.67. The van der Waals surface area contributed by atoms with Crippen molar-refractivity contribution >= 4 is 6.09 Å². The number of aromatic amines is 2. The Hall–Kier alpha value is -1.72. The maximum atomic E-state index is 11.4. The van der Waals surface area contributed by atoms with Crippen molar-refractivity contribution in [2.75, 3.05) is 13.7 Å². The molecule has 0 saturated carbocycles. The summed E-state index contributed by atoms with van der Waals surface area (Å²) in [6, 6.07) is -0.153. The molecule has 1 aromatic rings. The highest BCUT2D eigenvalue weighted by molar-refractivity contribution is 5.68. The fraction of sp³-hybridized carbons (Fsp3) is 0.556. The van der Waals surface area contributed by atoms with Crippen LogP contribution in [0.4, 0.5) is 4.79 Å². The summed E-state index contributed by atoms with van der Waals surface area (Å²) in [4.78, 5) is 24.3. The number of nitrogens with zero attached hydrogens (tertiary/aromatic N) is 1. The molecule has 1 aromatic heterocycles. The van der Waals surface area contributed by atoms with Gasteiger partial charge >= 0.3 is 6.09 Å². The molecule has 0 spiro atoms. The van der Waals surface area contributed by atoms with Crippen molar-refractivity contribution in [3.63, 3.8) is 0 Å². The lowest BCUT2D eigenvalue weighted by atomic mass is 10.0. The summed E-state index contributed by atoms with van der Waals surface area (Å²) in [5.74, 6) is 0. The first-order chi connectivity index (χ1) is 7.15. The van der Waals surface area contributed by atoms with Gasteiger partial charge in [-0.25, -0.2) is 4.79 Å². The largest absolute Gasteiger partial charge is 0.453 e. The predicted octanol–water partition coefficient (Wildman–Crippen LogP) is 0.388. The van der Waals surface area contributed by atoms with Crippen molar-refractivity contribution < 1.29 is 9.53 Å². The van der Waals surface area contributed by atoms with Crippen molar-refractivity contribution in [3.8, 4) is 0 Å². The van der Waals surface area contributed by atoms with Gasteiger partial charge in [-0.15, -0.1) is 0 Å². The van der Waals surface area contributed by atoms with Gasteiger partial charge in [0.15, 0.2) is 0 Å². The van der Waals surface area contributed by atoms with E-state index in [0.717, 1.165) is 11.3 Å². The van der Waals surface area contributed by atoms with Crippen LogP contribution in [-0.4, -0.2) is 34.8 Å². The van der Waals surface area contributed by atoms with E-state index in [0.29, 0.717) is 13.0 Å². The third-order valence-electron chi connectivity index (χ3n) is 2.81. The number of carbonyl (C=O) groups excluding carboxylic acids is 1. The molecule has 1 unspecified atom stereocenters. The summed E-state index contributed by atoms with van der Waals surface area (Å²) in [6.07, 6.45) is 0.198. The highest BCUT2D eigenvalue weighted by Crippen LogP contribution is 2.25. The van der Waals surface area contributed by atoms with E-state index < -0.39 is 0 Å². The molecule has 15 heavy (non-hydrogen) atoms. The Morgan fingerprint density at radius 1 is 1.53 bits per heavy atom. The molecule has 0 aliphatic carbocycles. The van der Waals surface area contributed by atoms with Crippen LogP contribution in [0.15, 0.2) is 4.79 Å². The van der Waals surface area contributed by atoms with Gasteiger partial charge in [0, 0.05) is 12.1 Å². The fourth-order valence-electron chi connectivity index (χ4n) is 1.95. The van der Waals surface area contributed by atoms with E-state index in [2.05, 4.69) is 14.9 Å². The number of amides is 1. The van der Waals surface area contributed by atoms with Gasteiger partial charge in [0.1, 0.15) is 0 Å². The number of aromatic nitrogens is 2. The van der Waals surface area contributed by atoms with Crippen LogP contribution in [0.25, 0.3) is 0 Å². The highest BCUT2D eigenvalue weighted by atomic mass is 16.5. The molecule has 2 N–H and O–H groups in total. The van der Waals surface area contributed by atoms with Crippen molar-refractivity contribution in [1.29, 1.82) is 0 Å². The van der Waals surface area contributed by atoms with Crippen molar-refractivity contribution in [2.24, 2.45) is 0 Å². The van der Waals surface area contributed by atoms with Gasteiger partial charge in [0.2, 0.25) is 0 Å². The topological polar surface area (TPSA) is 78.2 Å². The molecule has 1 atom stereocenters. The molecule has 82 valence electrons. The summed E-state index contributed by atoms with van der Waals surface area (Å²) in [6.45, 7) is 2.38. The van der Waals surface area contributed by atoms with Crippen LogP contribution in [0, 0.1) is 0 Å². The van der Waals surface area contributed by atoms with Gasteiger partial charge in [-0.2, -0.15) is 0 Å². The molecule has 0 saturated heterocycles. The number of fused-ring (bicyclic) bond motifs is 1. The molecule has 2 rings (SSSR count). The number of nitrogens with one attached hydrogen (secondary N) is 2. The SMILES string of the molecule is COC(=O)N1CCc2c([nH][nH]c2=O)C1C. The smallest absolute Gasteiger partial charge is 0.410 e. The monoisotopic (exact) mass is 211 g/mol. The maximum Gasteiger partial charge on any atom is 0.410 e. The molecular formula is C9H13N3O3. The summed E-state index contributed by atoms with van der Waals surface area (Å²) in [5, 5.41) is 5.33. The lowest BCUT2D eigenvalue weighted by Gasteiger charge is -2.31. The molecular weight excluding hydrogens is 198 g/mol. The van der Waals surface area contributed by atoms with Gasteiger partial charge < -0.3 is 4.74 Å². The third kappa shape index (κ3) is 1.42. The average Bonchev–Trinajstić information content (AvgIpc) is 2.61. The number of rotatable bonds is 0.